The van der Waals surface area contributed by atoms with Crippen LogP contribution in [0.4, 0.5) is 0 Å². The number of ketones is 1. The Morgan fingerprint density at radius 3 is 2.35 bits per heavy atom. The third-order valence-electron chi connectivity index (χ3n) is 1.94. The zero-order chi connectivity index (χ0) is 12.8. The first-order valence-electron chi connectivity index (χ1n) is 5.27. The molecule has 17 heavy (non-hydrogen) atoms. The molecular weight excluding hydrogens is 238 g/mol. The minimum Gasteiger partial charge on any atom is -0.347 e. The second kappa shape index (κ2) is 6.21. The molecule has 0 saturated heterocycles. The highest BCUT2D eigenvalue weighted by Gasteiger charge is 2.10. The van der Waals surface area contributed by atoms with Crippen LogP contribution in [-0.4, -0.2) is 17.7 Å². The lowest BCUT2D eigenvalue weighted by molar-refractivity contribution is -0.135. The summed E-state index contributed by atoms with van der Waals surface area (Å²) in [4.78, 5) is 22.7. The molecule has 0 bridgehead atoms. The topological polar surface area (TPSA) is 46.2 Å². The number of rotatable bonds is 4. The Balaban J connectivity index is 2.62. The molecule has 90 valence electrons. The van der Waals surface area contributed by atoms with Crippen LogP contribution >= 0.6 is 11.6 Å². The van der Waals surface area contributed by atoms with Crippen molar-refractivity contribution in [1.82, 2.24) is 5.32 Å². The summed E-state index contributed by atoms with van der Waals surface area (Å²) in [5, 5.41) is 3.16. The van der Waals surface area contributed by atoms with Crippen LogP contribution in [0.3, 0.4) is 0 Å². The molecule has 0 aromatic heterocycles. The Kier molecular flexibility index (Phi) is 4.91. The fourth-order valence-corrected chi connectivity index (χ4v) is 1.28. The molecule has 0 spiro atoms. The van der Waals surface area contributed by atoms with Gasteiger partial charge in [-0.25, -0.2) is 0 Å². The summed E-state index contributed by atoms with van der Waals surface area (Å²) in [7, 11) is 0. The van der Waals surface area contributed by atoms with E-state index in [0.717, 1.165) is 5.56 Å². The largest absolute Gasteiger partial charge is 0.347 e. The minimum atomic E-state index is -0.592. The zero-order valence-corrected chi connectivity index (χ0v) is 10.5. The molecule has 0 fully saturated rings. The van der Waals surface area contributed by atoms with Crippen molar-refractivity contribution in [2.45, 2.75) is 19.9 Å². The van der Waals surface area contributed by atoms with Gasteiger partial charge in [0.2, 0.25) is 5.78 Å². The van der Waals surface area contributed by atoms with Gasteiger partial charge in [0, 0.05) is 11.1 Å². The molecular formula is C13H14ClNO2. The molecule has 0 aliphatic heterocycles. The maximum Gasteiger partial charge on any atom is 0.291 e. The van der Waals surface area contributed by atoms with E-state index in [1.165, 1.54) is 6.08 Å². The van der Waals surface area contributed by atoms with Gasteiger partial charge in [0.1, 0.15) is 0 Å². The maximum atomic E-state index is 11.4. The molecule has 1 rings (SSSR count). The number of carbonyl (C=O) groups excluding carboxylic acids is 2. The molecule has 1 amide bonds. The number of hydrogen-bond donors (Lipinski definition) is 1. The van der Waals surface area contributed by atoms with E-state index >= 15 is 0 Å². The standard InChI is InChI=1S/C13H14ClNO2/c1-9(2)15-13(17)12(16)8-5-10-3-6-11(14)7-4-10/h3-9H,1-2H3,(H,15,17). The van der Waals surface area contributed by atoms with Crippen molar-refractivity contribution in [3.63, 3.8) is 0 Å². The van der Waals surface area contributed by atoms with Crippen LogP contribution in [-0.2, 0) is 9.59 Å². The Bertz CT molecular complexity index is 435. The molecule has 0 heterocycles. The highest BCUT2D eigenvalue weighted by Crippen LogP contribution is 2.10. The highest BCUT2D eigenvalue weighted by molar-refractivity contribution is 6.41. The Labute approximate surface area is 105 Å². The van der Waals surface area contributed by atoms with Gasteiger partial charge in [0.25, 0.3) is 5.91 Å². The lowest BCUT2D eigenvalue weighted by atomic mass is 10.2. The quantitative estimate of drug-likeness (QED) is 0.660. The van der Waals surface area contributed by atoms with Gasteiger partial charge in [-0.1, -0.05) is 29.8 Å². The Hall–Kier alpha value is -1.61. The molecule has 0 unspecified atom stereocenters. The van der Waals surface area contributed by atoms with Crippen LogP contribution in [0.25, 0.3) is 6.08 Å². The molecule has 0 aliphatic rings. The van der Waals surface area contributed by atoms with Crippen LogP contribution in [0.1, 0.15) is 19.4 Å². The van der Waals surface area contributed by atoms with E-state index in [0.29, 0.717) is 5.02 Å². The molecule has 0 radical (unpaired) electrons. The summed E-state index contributed by atoms with van der Waals surface area (Å²) in [6, 6.07) is 6.94. The molecule has 1 aromatic carbocycles. The first-order chi connectivity index (χ1) is 7.99. The van der Waals surface area contributed by atoms with E-state index in [-0.39, 0.29) is 6.04 Å². The fraction of sp³-hybridized carbons (Fsp3) is 0.231. The van der Waals surface area contributed by atoms with E-state index in [9.17, 15) is 9.59 Å². The van der Waals surface area contributed by atoms with Crippen molar-refractivity contribution < 1.29 is 9.59 Å². The zero-order valence-electron chi connectivity index (χ0n) is 9.74. The lowest BCUT2D eigenvalue weighted by Gasteiger charge is -2.04. The first kappa shape index (κ1) is 13.5. The minimum absolute atomic E-state index is 0.0459. The van der Waals surface area contributed by atoms with Gasteiger partial charge in [-0.15, -0.1) is 0 Å². The number of hydrogen-bond acceptors (Lipinski definition) is 2. The third kappa shape index (κ3) is 4.83. The first-order valence-corrected chi connectivity index (χ1v) is 5.65. The van der Waals surface area contributed by atoms with E-state index < -0.39 is 11.7 Å². The summed E-state index contributed by atoms with van der Waals surface area (Å²) < 4.78 is 0. The van der Waals surface area contributed by atoms with E-state index in [2.05, 4.69) is 5.32 Å². The van der Waals surface area contributed by atoms with Crippen LogP contribution in [0.5, 0.6) is 0 Å². The van der Waals surface area contributed by atoms with Gasteiger partial charge < -0.3 is 5.32 Å². The Morgan fingerprint density at radius 2 is 1.82 bits per heavy atom. The number of benzene rings is 1. The average Bonchev–Trinajstić information content (AvgIpc) is 2.27. The van der Waals surface area contributed by atoms with Crippen molar-refractivity contribution in [3.8, 4) is 0 Å². The Morgan fingerprint density at radius 1 is 1.24 bits per heavy atom. The molecule has 3 nitrogen and oxygen atoms in total. The van der Waals surface area contributed by atoms with Gasteiger partial charge in [-0.2, -0.15) is 0 Å². The van der Waals surface area contributed by atoms with Crippen molar-refractivity contribution >= 4 is 29.4 Å². The SMILES string of the molecule is CC(C)NC(=O)C(=O)C=Cc1ccc(Cl)cc1. The van der Waals surface area contributed by atoms with Crippen molar-refractivity contribution in [3.05, 3.63) is 40.9 Å². The summed E-state index contributed by atoms with van der Waals surface area (Å²) >= 11 is 5.73. The smallest absolute Gasteiger partial charge is 0.291 e. The van der Waals surface area contributed by atoms with E-state index in [1.807, 2.05) is 0 Å². The maximum absolute atomic E-state index is 11.4. The van der Waals surface area contributed by atoms with Crippen molar-refractivity contribution in [1.29, 1.82) is 0 Å². The van der Waals surface area contributed by atoms with Gasteiger partial charge >= 0.3 is 0 Å². The predicted octanol–water partition coefficient (Wildman–Crippen LogP) is 2.45. The van der Waals surface area contributed by atoms with Crippen molar-refractivity contribution in [2.24, 2.45) is 0 Å². The van der Waals surface area contributed by atoms with Gasteiger partial charge in [-0.05, 0) is 37.6 Å². The number of halogens is 1. The monoisotopic (exact) mass is 251 g/mol. The number of nitrogens with one attached hydrogen (secondary N) is 1. The third-order valence-corrected chi connectivity index (χ3v) is 2.19. The van der Waals surface area contributed by atoms with Gasteiger partial charge in [-0.3, -0.25) is 9.59 Å². The molecule has 0 atom stereocenters. The summed E-state index contributed by atoms with van der Waals surface area (Å²) in [6.07, 6.45) is 2.83. The van der Waals surface area contributed by atoms with Crippen LogP contribution in [0.15, 0.2) is 30.3 Å². The van der Waals surface area contributed by atoms with Gasteiger partial charge in [0.05, 0.1) is 0 Å². The summed E-state index contributed by atoms with van der Waals surface area (Å²) in [6.45, 7) is 3.60. The second-order valence-corrected chi connectivity index (χ2v) is 4.31. The van der Waals surface area contributed by atoms with Crippen molar-refractivity contribution in [2.75, 3.05) is 0 Å². The van der Waals surface area contributed by atoms with Crippen LogP contribution in [0, 0.1) is 0 Å². The summed E-state index contributed by atoms with van der Waals surface area (Å²) in [5.74, 6) is -1.15. The van der Waals surface area contributed by atoms with E-state index in [1.54, 1.807) is 44.2 Å². The molecule has 0 saturated carbocycles. The normalized spacial score (nSPS) is 10.8. The van der Waals surface area contributed by atoms with Gasteiger partial charge in [0.15, 0.2) is 0 Å². The fourth-order valence-electron chi connectivity index (χ4n) is 1.15. The molecule has 0 aliphatic carbocycles. The molecule has 1 N–H and O–H groups in total. The highest BCUT2D eigenvalue weighted by atomic mass is 35.5. The number of carbonyl (C=O) groups is 2. The summed E-state index contributed by atoms with van der Waals surface area (Å²) in [5.41, 5.74) is 0.820. The average molecular weight is 252 g/mol. The predicted molar refractivity (Wildman–Crippen MR) is 68.8 cm³/mol. The van der Waals surface area contributed by atoms with E-state index in [4.69, 9.17) is 11.6 Å². The lowest BCUT2D eigenvalue weighted by Crippen LogP contribution is -2.35. The molecule has 1 aromatic rings. The molecule has 4 heteroatoms. The van der Waals surface area contributed by atoms with Crippen LogP contribution < -0.4 is 5.32 Å². The number of amides is 1. The van der Waals surface area contributed by atoms with Crippen LogP contribution in [0.2, 0.25) is 5.02 Å². The second-order valence-electron chi connectivity index (χ2n) is 3.88.